The second-order valence-electron chi connectivity index (χ2n) is 3.57. The molecule has 2 N–H and O–H groups in total. The van der Waals surface area contributed by atoms with Crippen LogP contribution in [0.15, 0.2) is 24.3 Å². The van der Waals surface area contributed by atoms with E-state index in [1.54, 1.807) is 13.1 Å². The van der Waals surface area contributed by atoms with E-state index in [-0.39, 0.29) is 5.69 Å². The Hall–Kier alpha value is -1.88. The Morgan fingerprint density at radius 2 is 2.12 bits per heavy atom. The predicted octanol–water partition coefficient (Wildman–Crippen LogP) is 1.44. The van der Waals surface area contributed by atoms with Crippen molar-refractivity contribution < 1.29 is 19.4 Å². The highest BCUT2D eigenvalue weighted by molar-refractivity contribution is 5.84. The lowest BCUT2D eigenvalue weighted by atomic mass is 10.2. The van der Waals surface area contributed by atoms with Crippen molar-refractivity contribution in [2.24, 2.45) is 7.05 Å². The van der Waals surface area contributed by atoms with Crippen molar-refractivity contribution in [3.8, 4) is 0 Å². The van der Waals surface area contributed by atoms with Gasteiger partial charge in [-0.1, -0.05) is 0 Å². The number of carboxylic acids is 1. The molecule has 0 aliphatic rings. The maximum absolute atomic E-state index is 12.9. The number of fused-ring (bicyclic) bond motifs is 1. The number of aromatic nitrogens is 1. The Balaban J connectivity index is 2.64. The lowest BCUT2D eigenvalue weighted by Crippen LogP contribution is -2.13. The summed E-state index contributed by atoms with van der Waals surface area (Å²) < 4.78 is 14.5. The van der Waals surface area contributed by atoms with E-state index >= 15 is 0 Å². The Bertz CT molecular complexity index is 562. The largest absolute Gasteiger partial charge is 0.479 e. The molecular formula is C11H10FNO3. The van der Waals surface area contributed by atoms with E-state index in [0.717, 1.165) is 0 Å². The molecule has 0 radical (unpaired) electrons. The molecule has 1 atom stereocenters. The van der Waals surface area contributed by atoms with Crippen LogP contribution < -0.4 is 0 Å². The number of benzene rings is 1. The fraction of sp³-hybridized carbons (Fsp3) is 0.182. The van der Waals surface area contributed by atoms with E-state index in [1.165, 1.54) is 22.8 Å². The number of carbonyl (C=O) groups is 1. The third-order valence-corrected chi connectivity index (χ3v) is 2.56. The molecule has 0 aliphatic heterocycles. The summed E-state index contributed by atoms with van der Waals surface area (Å²) in [5.41, 5.74) is 0.907. The second-order valence-corrected chi connectivity index (χ2v) is 3.57. The Morgan fingerprint density at radius 1 is 1.44 bits per heavy atom. The fourth-order valence-electron chi connectivity index (χ4n) is 1.73. The van der Waals surface area contributed by atoms with Gasteiger partial charge >= 0.3 is 5.97 Å². The summed E-state index contributed by atoms with van der Waals surface area (Å²) >= 11 is 0. The molecule has 1 aromatic carbocycles. The second kappa shape index (κ2) is 3.61. The zero-order chi connectivity index (χ0) is 11.9. The first-order chi connectivity index (χ1) is 7.50. The average molecular weight is 223 g/mol. The first-order valence-corrected chi connectivity index (χ1v) is 4.66. The smallest absolute Gasteiger partial charge is 0.338 e. The summed E-state index contributed by atoms with van der Waals surface area (Å²) in [5, 5.41) is 18.7. The molecule has 0 fully saturated rings. The van der Waals surface area contributed by atoms with Gasteiger partial charge in [0.1, 0.15) is 5.82 Å². The number of aryl methyl sites for hydroxylation is 1. The van der Waals surface area contributed by atoms with Crippen molar-refractivity contribution in [2.45, 2.75) is 6.10 Å². The van der Waals surface area contributed by atoms with Gasteiger partial charge in [0.05, 0.1) is 5.69 Å². The maximum Gasteiger partial charge on any atom is 0.338 e. The SMILES string of the molecule is Cn1c(C(O)C(=O)O)cc2cc(F)ccc21. The van der Waals surface area contributed by atoms with E-state index in [1.807, 2.05) is 0 Å². The van der Waals surface area contributed by atoms with E-state index in [9.17, 15) is 14.3 Å². The first kappa shape index (κ1) is 10.6. The third-order valence-electron chi connectivity index (χ3n) is 2.56. The van der Waals surface area contributed by atoms with Gasteiger partial charge in [-0.3, -0.25) is 0 Å². The number of aliphatic hydroxyl groups excluding tert-OH is 1. The summed E-state index contributed by atoms with van der Waals surface area (Å²) in [6, 6.07) is 5.60. The zero-order valence-corrected chi connectivity index (χ0v) is 8.51. The highest BCUT2D eigenvalue weighted by Gasteiger charge is 2.20. The number of carboxylic acid groups (broad SMARTS) is 1. The van der Waals surface area contributed by atoms with Crippen LogP contribution in [0.5, 0.6) is 0 Å². The lowest BCUT2D eigenvalue weighted by Gasteiger charge is -2.06. The van der Waals surface area contributed by atoms with Crippen LogP contribution in [0.1, 0.15) is 11.8 Å². The van der Waals surface area contributed by atoms with Gasteiger partial charge in [0.15, 0.2) is 6.10 Å². The van der Waals surface area contributed by atoms with Gasteiger partial charge in [0.2, 0.25) is 0 Å². The molecule has 84 valence electrons. The van der Waals surface area contributed by atoms with Crippen LogP contribution in [-0.2, 0) is 11.8 Å². The molecule has 0 aliphatic carbocycles. The standard InChI is InChI=1S/C11H10FNO3/c1-13-8-3-2-7(12)4-6(8)5-9(13)10(14)11(15)16/h2-5,10,14H,1H3,(H,15,16). The van der Waals surface area contributed by atoms with E-state index < -0.39 is 17.9 Å². The number of rotatable bonds is 2. The van der Waals surface area contributed by atoms with Crippen molar-refractivity contribution >= 4 is 16.9 Å². The molecule has 0 bridgehead atoms. The molecule has 5 heteroatoms. The number of aliphatic hydroxyl groups is 1. The van der Waals surface area contributed by atoms with Crippen LogP contribution in [0.3, 0.4) is 0 Å². The topological polar surface area (TPSA) is 62.5 Å². The van der Waals surface area contributed by atoms with Crippen molar-refractivity contribution in [2.75, 3.05) is 0 Å². The minimum atomic E-state index is -1.60. The van der Waals surface area contributed by atoms with Gasteiger partial charge < -0.3 is 14.8 Å². The van der Waals surface area contributed by atoms with Crippen molar-refractivity contribution in [3.05, 3.63) is 35.8 Å². The quantitative estimate of drug-likeness (QED) is 0.809. The first-order valence-electron chi connectivity index (χ1n) is 4.66. The highest BCUT2D eigenvalue weighted by Crippen LogP contribution is 2.24. The maximum atomic E-state index is 12.9. The summed E-state index contributed by atoms with van der Waals surface area (Å²) in [6.07, 6.45) is -1.60. The molecule has 0 saturated carbocycles. The molecule has 2 rings (SSSR count). The summed E-state index contributed by atoms with van der Waals surface area (Å²) in [7, 11) is 1.63. The van der Waals surface area contributed by atoms with Gasteiger partial charge in [-0.05, 0) is 24.3 Å². The van der Waals surface area contributed by atoms with Crippen molar-refractivity contribution in [1.82, 2.24) is 4.57 Å². The van der Waals surface area contributed by atoms with Gasteiger partial charge in [0, 0.05) is 18.0 Å². The van der Waals surface area contributed by atoms with Crippen molar-refractivity contribution in [1.29, 1.82) is 0 Å². The molecule has 0 saturated heterocycles. The van der Waals surface area contributed by atoms with Crippen molar-refractivity contribution in [3.63, 3.8) is 0 Å². The normalized spacial score (nSPS) is 12.9. The monoisotopic (exact) mass is 223 g/mol. The Kier molecular flexibility index (Phi) is 2.40. The summed E-state index contributed by atoms with van der Waals surface area (Å²) in [5.74, 6) is -1.72. The van der Waals surface area contributed by atoms with Gasteiger partial charge in [-0.15, -0.1) is 0 Å². The zero-order valence-electron chi connectivity index (χ0n) is 8.51. The van der Waals surface area contributed by atoms with E-state index in [4.69, 9.17) is 5.11 Å². The minimum absolute atomic E-state index is 0.230. The summed E-state index contributed by atoms with van der Waals surface area (Å²) in [6.45, 7) is 0. The average Bonchev–Trinajstić information content (AvgIpc) is 2.54. The molecule has 1 heterocycles. The van der Waals surface area contributed by atoms with Crippen LogP contribution in [0, 0.1) is 5.82 Å². The Morgan fingerprint density at radius 3 is 2.75 bits per heavy atom. The number of hydrogen-bond donors (Lipinski definition) is 2. The molecule has 2 aromatic rings. The van der Waals surface area contributed by atoms with Crippen LogP contribution in [0.2, 0.25) is 0 Å². The fourth-order valence-corrected chi connectivity index (χ4v) is 1.73. The van der Waals surface area contributed by atoms with Crippen LogP contribution >= 0.6 is 0 Å². The van der Waals surface area contributed by atoms with Gasteiger partial charge in [-0.2, -0.15) is 0 Å². The lowest BCUT2D eigenvalue weighted by molar-refractivity contribution is -0.147. The summed E-state index contributed by atoms with van der Waals surface area (Å²) in [4.78, 5) is 10.7. The Labute approximate surface area is 90.5 Å². The van der Waals surface area contributed by atoms with E-state index in [2.05, 4.69) is 0 Å². The third kappa shape index (κ3) is 1.55. The molecule has 16 heavy (non-hydrogen) atoms. The number of nitrogens with zero attached hydrogens (tertiary/aromatic N) is 1. The van der Waals surface area contributed by atoms with E-state index in [0.29, 0.717) is 10.9 Å². The molecule has 1 aromatic heterocycles. The van der Waals surface area contributed by atoms with Crippen LogP contribution in [0.4, 0.5) is 4.39 Å². The van der Waals surface area contributed by atoms with Gasteiger partial charge in [-0.25, -0.2) is 9.18 Å². The van der Waals surface area contributed by atoms with Crippen LogP contribution in [-0.4, -0.2) is 20.7 Å². The molecule has 0 amide bonds. The molecule has 1 unspecified atom stereocenters. The van der Waals surface area contributed by atoms with Gasteiger partial charge in [0.25, 0.3) is 0 Å². The molecule has 4 nitrogen and oxygen atoms in total. The highest BCUT2D eigenvalue weighted by atomic mass is 19.1. The predicted molar refractivity (Wildman–Crippen MR) is 55.5 cm³/mol. The number of aliphatic carboxylic acids is 1. The minimum Gasteiger partial charge on any atom is -0.479 e. The molecule has 0 spiro atoms. The number of halogens is 1. The number of hydrogen-bond acceptors (Lipinski definition) is 2. The van der Waals surface area contributed by atoms with Crippen LogP contribution in [0.25, 0.3) is 10.9 Å². The molecular weight excluding hydrogens is 213 g/mol.